The monoisotopic (exact) mass is 411 g/mol. The van der Waals surface area contributed by atoms with Crippen LogP contribution in [0.1, 0.15) is 6.42 Å². The maximum Gasteiger partial charge on any atom is 0.512 e. The topological polar surface area (TPSA) is 154 Å². The van der Waals surface area contributed by atoms with E-state index in [4.69, 9.17) is 24.5 Å². The summed E-state index contributed by atoms with van der Waals surface area (Å²) in [4.78, 5) is 44.3. The SMILES string of the molecule is CNC(=O)OCC1=C(OC(=O)O)N2C(=O)[C@H]3NCCC1[C@H]32.O=C(O)C(F)(F)F. The van der Waals surface area contributed by atoms with Gasteiger partial charge >= 0.3 is 24.4 Å². The molecule has 14 heteroatoms. The Hall–Kier alpha value is -3.03. The largest absolute Gasteiger partial charge is 0.512 e. The number of amides is 2. The fourth-order valence-electron chi connectivity index (χ4n) is 3.21. The van der Waals surface area contributed by atoms with Crippen molar-refractivity contribution < 1.29 is 52.0 Å². The maximum atomic E-state index is 12.0. The van der Waals surface area contributed by atoms with Gasteiger partial charge in [-0.2, -0.15) is 13.2 Å². The molecule has 11 nitrogen and oxygen atoms in total. The predicted molar refractivity (Wildman–Crippen MR) is 80.8 cm³/mol. The number of carbonyl (C=O) groups is 4. The molecule has 0 aliphatic carbocycles. The smallest absolute Gasteiger partial charge is 0.475 e. The number of alkyl carbamates (subject to hydrolysis) is 1. The maximum absolute atomic E-state index is 12.0. The van der Waals surface area contributed by atoms with Crippen LogP contribution in [0.4, 0.5) is 22.8 Å². The molecule has 1 unspecified atom stereocenters. The Kier molecular flexibility index (Phi) is 6.01. The van der Waals surface area contributed by atoms with Gasteiger partial charge in [0.25, 0.3) is 0 Å². The lowest BCUT2D eigenvalue weighted by Crippen LogP contribution is -2.71. The summed E-state index contributed by atoms with van der Waals surface area (Å²) < 4.78 is 41.5. The highest BCUT2D eigenvalue weighted by molar-refractivity contribution is 5.93. The van der Waals surface area contributed by atoms with Crippen LogP contribution in [-0.4, -0.2) is 77.7 Å². The van der Waals surface area contributed by atoms with E-state index >= 15 is 0 Å². The number of carboxylic acid groups (broad SMARTS) is 2. The summed E-state index contributed by atoms with van der Waals surface area (Å²) in [6, 6.07) is -0.461. The van der Waals surface area contributed by atoms with Gasteiger partial charge in [-0.15, -0.1) is 0 Å². The molecule has 0 aromatic rings. The number of carbonyl (C=O) groups excluding carboxylic acids is 2. The number of rotatable bonds is 3. The van der Waals surface area contributed by atoms with E-state index in [-0.39, 0.29) is 36.4 Å². The molecule has 28 heavy (non-hydrogen) atoms. The molecule has 2 saturated heterocycles. The molecule has 0 saturated carbocycles. The molecule has 2 fully saturated rings. The zero-order valence-electron chi connectivity index (χ0n) is 14.3. The van der Waals surface area contributed by atoms with E-state index in [0.717, 1.165) is 6.42 Å². The van der Waals surface area contributed by atoms with Gasteiger partial charge in [0, 0.05) is 18.5 Å². The molecule has 0 aromatic heterocycles. The van der Waals surface area contributed by atoms with E-state index in [1.165, 1.54) is 11.9 Å². The van der Waals surface area contributed by atoms with E-state index in [1.54, 1.807) is 0 Å². The summed E-state index contributed by atoms with van der Waals surface area (Å²) in [6.45, 7) is 0.551. The molecule has 0 bridgehead atoms. The highest BCUT2D eigenvalue weighted by atomic mass is 19.4. The summed E-state index contributed by atoms with van der Waals surface area (Å²) in [5, 5.41) is 21.4. The summed E-state index contributed by atoms with van der Waals surface area (Å²) in [6.07, 6.45) is -6.47. The molecule has 3 aliphatic rings. The number of nitrogens with one attached hydrogen (secondary N) is 2. The number of hydrogen-bond acceptors (Lipinski definition) is 7. The fourth-order valence-corrected chi connectivity index (χ4v) is 3.21. The Bertz CT molecular complexity index is 723. The van der Waals surface area contributed by atoms with Gasteiger partial charge in [-0.05, 0) is 13.0 Å². The van der Waals surface area contributed by atoms with Gasteiger partial charge in [-0.25, -0.2) is 14.4 Å². The highest BCUT2D eigenvalue weighted by Crippen LogP contribution is 2.46. The van der Waals surface area contributed by atoms with Gasteiger partial charge in [0.05, 0.1) is 6.04 Å². The average Bonchev–Trinajstić information content (AvgIpc) is 2.90. The molecule has 3 aliphatic heterocycles. The second-order valence-corrected chi connectivity index (χ2v) is 5.85. The number of halogens is 3. The fraction of sp³-hybridized carbons (Fsp3) is 0.571. The first-order chi connectivity index (χ1) is 13.0. The van der Waals surface area contributed by atoms with Crippen molar-refractivity contribution >= 4 is 24.1 Å². The lowest BCUT2D eigenvalue weighted by atomic mass is 9.79. The van der Waals surface area contributed by atoms with Crippen LogP contribution in [0, 0.1) is 5.92 Å². The summed E-state index contributed by atoms with van der Waals surface area (Å²) >= 11 is 0. The molecule has 3 rings (SSSR count). The van der Waals surface area contributed by atoms with E-state index < -0.39 is 24.4 Å². The van der Waals surface area contributed by atoms with Crippen LogP contribution in [0.25, 0.3) is 0 Å². The van der Waals surface area contributed by atoms with Crippen LogP contribution in [0.5, 0.6) is 0 Å². The molecule has 3 atom stereocenters. The van der Waals surface area contributed by atoms with Crippen molar-refractivity contribution in [3.63, 3.8) is 0 Å². The first kappa shape index (κ1) is 21.3. The van der Waals surface area contributed by atoms with Gasteiger partial charge < -0.3 is 30.3 Å². The van der Waals surface area contributed by atoms with Crippen LogP contribution in [0.2, 0.25) is 0 Å². The van der Waals surface area contributed by atoms with Gasteiger partial charge in [0.1, 0.15) is 12.6 Å². The number of nitrogens with zero attached hydrogens (tertiary/aromatic N) is 1. The van der Waals surface area contributed by atoms with E-state index in [0.29, 0.717) is 12.1 Å². The zero-order chi connectivity index (χ0) is 21.2. The number of β-lactam (4-membered cyclic amide) rings is 1. The normalized spacial score (nSPS) is 25.1. The first-order valence-corrected chi connectivity index (χ1v) is 7.84. The van der Waals surface area contributed by atoms with E-state index in [9.17, 15) is 27.6 Å². The molecule has 156 valence electrons. The molecule has 3 heterocycles. The number of alkyl halides is 3. The first-order valence-electron chi connectivity index (χ1n) is 7.84. The molecular formula is C14H16F3N3O8. The summed E-state index contributed by atoms with van der Waals surface area (Å²) in [5.74, 6) is -3.03. The second-order valence-electron chi connectivity index (χ2n) is 5.85. The Morgan fingerprint density at radius 1 is 1.32 bits per heavy atom. The van der Waals surface area contributed by atoms with Crippen molar-refractivity contribution in [1.82, 2.24) is 15.5 Å². The van der Waals surface area contributed by atoms with Gasteiger partial charge in [0.2, 0.25) is 11.8 Å². The van der Waals surface area contributed by atoms with Crippen molar-refractivity contribution in [3.8, 4) is 0 Å². The molecular weight excluding hydrogens is 395 g/mol. The quantitative estimate of drug-likeness (QED) is 0.373. The minimum Gasteiger partial charge on any atom is -0.475 e. The molecule has 0 spiro atoms. The Morgan fingerprint density at radius 3 is 2.43 bits per heavy atom. The average molecular weight is 411 g/mol. The van der Waals surface area contributed by atoms with Gasteiger partial charge in [-0.1, -0.05) is 0 Å². The number of carboxylic acids is 1. The number of hydrogen-bond donors (Lipinski definition) is 4. The van der Waals surface area contributed by atoms with Crippen LogP contribution < -0.4 is 10.6 Å². The summed E-state index contributed by atoms with van der Waals surface area (Å²) in [5.41, 5.74) is 0.545. The minimum atomic E-state index is -5.08. The van der Waals surface area contributed by atoms with Crippen molar-refractivity contribution in [1.29, 1.82) is 0 Å². The zero-order valence-corrected chi connectivity index (χ0v) is 14.3. The molecule has 0 radical (unpaired) electrons. The Morgan fingerprint density at radius 2 is 1.93 bits per heavy atom. The Labute approximate surface area is 155 Å². The van der Waals surface area contributed by atoms with Gasteiger partial charge in [-0.3, -0.25) is 9.69 Å². The Balaban J connectivity index is 0.000000345. The predicted octanol–water partition coefficient (Wildman–Crippen LogP) is 0.0844. The van der Waals surface area contributed by atoms with Crippen LogP contribution >= 0.6 is 0 Å². The second kappa shape index (κ2) is 7.92. The number of aliphatic carboxylic acids is 1. The molecule has 0 aromatic carbocycles. The summed E-state index contributed by atoms with van der Waals surface area (Å²) in [7, 11) is 1.43. The third-order valence-electron chi connectivity index (χ3n) is 4.31. The lowest BCUT2D eigenvalue weighted by molar-refractivity contribution is -0.192. The molecule has 2 amide bonds. The van der Waals surface area contributed by atoms with Crippen molar-refractivity contribution in [2.24, 2.45) is 5.92 Å². The van der Waals surface area contributed by atoms with Crippen LogP contribution in [0.15, 0.2) is 11.5 Å². The minimum absolute atomic E-state index is 0.00801. The number of ether oxygens (including phenoxy) is 2. The van der Waals surface area contributed by atoms with Gasteiger partial charge in [0.15, 0.2) is 0 Å². The number of piperidine rings is 1. The highest BCUT2D eigenvalue weighted by Gasteiger charge is 2.61. The molecule has 4 N–H and O–H groups in total. The van der Waals surface area contributed by atoms with Crippen molar-refractivity contribution in [3.05, 3.63) is 11.5 Å². The van der Waals surface area contributed by atoms with Crippen LogP contribution in [-0.2, 0) is 19.1 Å². The van der Waals surface area contributed by atoms with Crippen LogP contribution in [0.3, 0.4) is 0 Å². The standard InChI is InChI=1S/C12H15N3O6.C2HF3O2/c1-13-11(17)20-4-6-5-2-3-14-7-8(5)15(9(7)16)10(6)21-12(18)19;3-2(4,5)1(6)7/h5,7-8,14H,2-4H2,1H3,(H,13,17)(H,18,19);(H,6,7)/t5?,7-,8+;/m0./s1. The third kappa shape index (κ3) is 4.11. The van der Waals surface area contributed by atoms with E-state index in [2.05, 4.69) is 10.6 Å². The van der Waals surface area contributed by atoms with E-state index in [1.807, 2.05) is 0 Å². The van der Waals surface area contributed by atoms with Crippen molar-refractivity contribution in [2.75, 3.05) is 20.2 Å². The third-order valence-corrected chi connectivity index (χ3v) is 4.31. The van der Waals surface area contributed by atoms with Crippen molar-refractivity contribution in [2.45, 2.75) is 24.7 Å². The lowest BCUT2D eigenvalue weighted by Gasteiger charge is -2.48.